The predicted molar refractivity (Wildman–Crippen MR) is 78.4 cm³/mol. The summed E-state index contributed by atoms with van der Waals surface area (Å²) in [6.07, 6.45) is -0.893. The molecule has 0 amide bonds. The number of fused-ring (bicyclic) bond motifs is 1. The van der Waals surface area contributed by atoms with Gasteiger partial charge in [-0.3, -0.25) is 0 Å². The van der Waals surface area contributed by atoms with Crippen molar-refractivity contribution in [1.82, 2.24) is 4.57 Å². The molecule has 0 spiro atoms. The summed E-state index contributed by atoms with van der Waals surface area (Å²) >= 11 is 6.01. The number of nitriles is 1. The van der Waals surface area contributed by atoms with Crippen LogP contribution >= 0.6 is 11.6 Å². The van der Waals surface area contributed by atoms with Crippen LogP contribution in [0.1, 0.15) is 32.0 Å². The highest BCUT2D eigenvalue weighted by Gasteiger charge is 2.29. The summed E-state index contributed by atoms with van der Waals surface area (Å²) in [5, 5.41) is 19.8. The van der Waals surface area contributed by atoms with E-state index < -0.39 is 11.5 Å². The molecule has 0 unspecified atom stereocenters. The van der Waals surface area contributed by atoms with Gasteiger partial charge in [0.05, 0.1) is 18.0 Å². The number of halogens is 1. The first-order valence-corrected chi connectivity index (χ1v) is 6.58. The average Bonchev–Trinajstić information content (AvgIpc) is 2.64. The summed E-state index contributed by atoms with van der Waals surface area (Å²) < 4.78 is 1.26. The Labute approximate surface area is 122 Å². The molecule has 0 atom stereocenters. The molecule has 20 heavy (non-hydrogen) atoms. The molecule has 2 aromatic rings. The fraction of sp³-hybridized carbons (Fsp3) is 0.333. The van der Waals surface area contributed by atoms with Crippen molar-refractivity contribution in [2.75, 3.05) is 0 Å². The molecule has 1 aromatic carbocycles. The minimum Gasteiger partial charge on any atom is -0.464 e. The summed E-state index contributed by atoms with van der Waals surface area (Å²) in [5.74, 6) is 0. The van der Waals surface area contributed by atoms with Crippen molar-refractivity contribution >= 4 is 28.6 Å². The van der Waals surface area contributed by atoms with Crippen molar-refractivity contribution < 1.29 is 9.90 Å². The average molecular weight is 291 g/mol. The first kappa shape index (κ1) is 14.4. The lowest BCUT2D eigenvalue weighted by atomic mass is 9.88. The highest BCUT2D eigenvalue weighted by molar-refractivity contribution is 6.31. The number of benzene rings is 1. The minimum absolute atomic E-state index is 0.156. The van der Waals surface area contributed by atoms with Crippen LogP contribution in [-0.2, 0) is 11.8 Å². The van der Waals surface area contributed by atoms with E-state index in [2.05, 4.69) is 6.07 Å². The Hall–Kier alpha value is -1.99. The molecule has 0 radical (unpaired) electrons. The quantitative estimate of drug-likeness (QED) is 0.856. The van der Waals surface area contributed by atoms with Crippen LogP contribution in [0, 0.1) is 11.3 Å². The van der Waals surface area contributed by atoms with E-state index in [1.807, 2.05) is 20.8 Å². The van der Waals surface area contributed by atoms with E-state index >= 15 is 0 Å². The van der Waals surface area contributed by atoms with E-state index in [1.165, 1.54) is 4.57 Å². The SMILES string of the molecule is CC(C)(C)c1c(CC#N)c2cc(Cl)ccc2n1C(=O)O. The largest absolute Gasteiger partial charge is 0.464 e. The lowest BCUT2D eigenvalue weighted by Crippen LogP contribution is -2.23. The van der Waals surface area contributed by atoms with Crippen molar-refractivity contribution in [3.63, 3.8) is 0 Å². The van der Waals surface area contributed by atoms with Gasteiger partial charge >= 0.3 is 6.09 Å². The summed E-state index contributed by atoms with van der Waals surface area (Å²) in [4.78, 5) is 11.6. The second kappa shape index (κ2) is 4.84. The Kier molecular flexibility index (Phi) is 3.49. The van der Waals surface area contributed by atoms with Crippen LogP contribution in [0.15, 0.2) is 18.2 Å². The first-order valence-electron chi connectivity index (χ1n) is 6.21. The number of rotatable bonds is 1. The highest BCUT2D eigenvalue weighted by atomic mass is 35.5. The van der Waals surface area contributed by atoms with Crippen LogP contribution in [0.2, 0.25) is 5.02 Å². The van der Waals surface area contributed by atoms with Gasteiger partial charge in [-0.05, 0) is 23.8 Å². The molecule has 104 valence electrons. The fourth-order valence-corrected chi connectivity index (χ4v) is 2.74. The molecule has 0 aliphatic carbocycles. The molecule has 0 aliphatic heterocycles. The van der Waals surface area contributed by atoms with Crippen molar-refractivity contribution in [2.45, 2.75) is 32.6 Å². The molecule has 5 heteroatoms. The number of hydrogen-bond acceptors (Lipinski definition) is 2. The second-order valence-electron chi connectivity index (χ2n) is 5.69. The Morgan fingerprint density at radius 1 is 1.45 bits per heavy atom. The molecule has 2 rings (SSSR count). The molecule has 0 saturated carbocycles. The summed E-state index contributed by atoms with van der Waals surface area (Å²) in [7, 11) is 0. The van der Waals surface area contributed by atoms with Gasteiger partial charge < -0.3 is 5.11 Å². The number of carbonyl (C=O) groups is 1. The molecular weight excluding hydrogens is 276 g/mol. The molecule has 1 N–H and O–H groups in total. The molecule has 0 saturated heterocycles. The normalized spacial score (nSPS) is 11.6. The van der Waals surface area contributed by atoms with Gasteiger partial charge in [0.15, 0.2) is 0 Å². The number of nitrogens with zero attached hydrogens (tertiary/aromatic N) is 2. The van der Waals surface area contributed by atoms with Crippen LogP contribution in [0.25, 0.3) is 10.9 Å². The van der Waals surface area contributed by atoms with Crippen molar-refractivity contribution in [3.05, 3.63) is 34.5 Å². The molecule has 1 aromatic heterocycles. The highest BCUT2D eigenvalue weighted by Crippen LogP contribution is 2.35. The maximum Gasteiger partial charge on any atom is 0.416 e. The Morgan fingerprint density at radius 2 is 2.10 bits per heavy atom. The summed E-state index contributed by atoms with van der Waals surface area (Å²) in [6.45, 7) is 5.80. The third-order valence-corrected chi connectivity index (χ3v) is 3.43. The fourth-order valence-electron chi connectivity index (χ4n) is 2.57. The van der Waals surface area contributed by atoms with Crippen LogP contribution in [-0.4, -0.2) is 15.8 Å². The van der Waals surface area contributed by atoms with Gasteiger partial charge in [-0.15, -0.1) is 0 Å². The molecule has 0 fully saturated rings. The van der Waals surface area contributed by atoms with Gasteiger partial charge in [0.25, 0.3) is 0 Å². The van der Waals surface area contributed by atoms with Crippen LogP contribution in [0.3, 0.4) is 0 Å². The topological polar surface area (TPSA) is 66.0 Å². The van der Waals surface area contributed by atoms with Gasteiger partial charge in [-0.2, -0.15) is 5.26 Å². The van der Waals surface area contributed by atoms with E-state index in [9.17, 15) is 9.90 Å². The number of hydrogen-bond donors (Lipinski definition) is 1. The second-order valence-corrected chi connectivity index (χ2v) is 6.13. The van der Waals surface area contributed by atoms with Gasteiger partial charge in [-0.1, -0.05) is 32.4 Å². The standard InChI is InChI=1S/C15H15ClN2O2/c1-15(2,3)13-10(6-7-17)11-8-9(16)4-5-12(11)18(13)14(19)20/h4-5,8H,6H2,1-3H3,(H,19,20). The smallest absolute Gasteiger partial charge is 0.416 e. The summed E-state index contributed by atoms with van der Waals surface area (Å²) in [6, 6.07) is 7.17. The maximum atomic E-state index is 11.6. The molecule has 1 heterocycles. The summed E-state index contributed by atoms with van der Waals surface area (Å²) in [5.41, 5.74) is 1.55. The Balaban J connectivity index is 3.00. The van der Waals surface area contributed by atoms with Crippen LogP contribution in [0.4, 0.5) is 4.79 Å². The Morgan fingerprint density at radius 3 is 2.60 bits per heavy atom. The minimum atomic E-state index is -1.05. The lowest BCUT2D eigenvalue weighted by Gasteiger charge is -2.21. The monoisotopic (exact) mass is 290 g/mol. The van der Waals surface area contributed by atoms with Crippen molar-refractivity contribution in [3.8, 4) is 6.07 Å². The zero-order valence-corrected chi connectivity index (χ0v) is 12.3. The molecule has 0 bridgehead atoms. The zero-order valence-electron chi connectivity index (χ0n) is 11.6. The zero-order chi connectivity index (χ0) is 15.1. The van der Waals surface area contributed by atoms with Crippen molar-refractivity contribution in [2.24, 2.45) is 0 Å². The van der Waals surface area contributed by atoms with E-state index in [4.69, 9.17) is 16.9 Å². The van der Waals surface area contributed by atoms with Crippen molar-refractivity contribution in [1.29, 1.82) is 5.26 Å². The predicted octanol–water partition coefficient (Wildman–Crippen LogP) is 4.18. The number of aromatic nitrogens is 1. The first-order chi connectivity index (χ1) is 9.27. The van der Waals surface area contributed by atoms with E-state index in [1.54, 1.807) is 18.2 Å². The van der Waals surface area contributed by atoms with E-state index in [0.717, 1.165) is 10.9 Å². The molecule has 4 nitrogen and oxygen atoms in total. The van der Waals surface area contributed by atoms with Crippen LogP contribution in [0.5, 0.6) is 0 Å². The van der Waals surface area contributed by atoms with Gasteiger partial charge in [0.1, 0.15) is 0 Å². The number of carboxylic acid groups (broad SMARTS) is 1. The van der Waals surface area contributed by atoms with Gasteiger partial charge in [0.2, 0.25) is 0 Å². The lowest BCUT2D eigenvalue weighted by molar-refractivity contribution is 0.195. The Bertz CT molecular complexity index is 733. The van der Waals surface area contributed by atoms with Gasteiger partial charge in [-0.25, -0.2) is 9.36 Å². The molecule has 0 aliphatic rings. The third kappa shape index (κ3) is 2.25. The van der Waals surface area contributed by atoms with E-state index in [-0.39, 0.29) is 6.42 Å². The van der Waals surface area contributed by atoms with Crippen LogP contribution < -0.4 is 0 Å². The van der Waals surface area contributed by atoms with E-state index in [0.29, 0.717) is 16.2 Å². The third-order valence-electron chi connectivity index (χ3n) is 3.19. The van der Waals surface area contributed by atoms with Gasteiger partial charge in [0, 0.05) is 21.5 Å². The molecular formula is C15H15ClN2O2. The maximum absolute atomic E-state index is 11.6.